The van der Waals surface area contributed by atoms with Crippen LogP contribution in [0.1, 0.15) is 5.56 Å². The molecule has 0 amide bonds. The van der Waals surface area contributed by atoms with E-state index in [1.54, 1.807) is 6.20 Å². The van der Waals surface area contributed by atoms with E-state index in [-0.39, 0.29) is 0 Å². The summed E-state index contributed by atoms with van der Waals surface area (Å²) in [5.41, 5.74) is 6.51. The normalized spacial score (nSPS) is 10.1. The summed E-state index contributed by atoms with van der Waals surface area (Å²) in [7, 11) is 0. The molecule has 0 aromatic carbocycles. The van der Waals surface area contributed by atoms with Gasteiger partial charge in [0.2, 0.25) is 0 Å². The zero-order valence-electron chi connectivity index (χ0n) is 10.2. The van der Waals surface area contributed by atoms with Crippen molar-refractivity contribution in [1.82, 2.24) is 15.2 Å². The molecule has 0 radical (unpaired) electrons. The molecule has 0 aliphatic carbocycles. The summed E-state index contributed by atoms with van der Waals surface area (Å²) in [6, 6.07) is 7.57. The number of nitrogens with zero attached hydrogens (tertiary/aromatic N) is 3. The van der Waals surface area contributed by atoms with Crippen molar-refractivity contribution in [3.05, 3.63) is 36.0 Å². The predicted molar refractivity (Wildman–Crippen MR) is 71.8 cm³/mol. The van der Waals surface area contributed by atoms with Gasteiger partial charge in [-0.2, -0.15) is 0 Å². The van der Waals surface area contributed by atoms with E-state index >= 15 is 0 Å². The summed E-state index contributed by atoms with van der Waals surface area (Å²) in [4.78, 5) is 4.23. The van der Waals surface area contributed by atoms with Crippen LogP contribution in [0.5, 0.6) is 0 Å². The van der Waals surface area contributed by atoms with Crippen LogP contribution in [0.15, 0.2) is 30.5 Å². The second-order valence-electron chi connectivity index (χ2n) is 3.87. The van der Waals surface area contributed by atoms with E-state index in [0.717, 1.165) is 11.4 Å². The minimum Gasteiger partial charge on any atom is -0.367 e. The first kappa shape index (κ1) is 12.3. The SMILES string of the molecule is Cc1ccc(Nc2ccc(NCCN)nn2)nc1. The number of aryl methyl sites for hydroxylation is 1. The maximum atomic E-state index is 5.39. The van der Waals surface area contributed by atoms with Crippen molar-refractivity contribution in [3.8, 4) is 0 Å². The van der Waals surface area contributed by atoms with Crippen LogP contribution in [0.3, 0.4) is 0 Å². The molecule has 2 rings (SSSR count). The topological polar surface area (TPSA) is 88.8 Å². The molecular formula is C12H16N6. The second kappa shape index (κ2) is 5.92. The number of rotatable bonds is 5. The predicted octanol–water partition coefficient (Wildman–Crippen LogP) is 1.29. The Morgan fingerprint density at radius 1 is 1.06 bits per heavy atom. The Bertz CT molecular complexity index is 479. The lowest BCUT2D eigenvalue weighted by molar-refractivity contribution is 0.973. The van der Waals surface area contributed by atoms with E-state index < -0.39 is 0 Å². The number of nitrogens with two attached hydrogens (primary N) is 1. The molecule has 0 bridgehead atoms. The highest BCUT2D eigenvalue weighted by molar-refractivity contribution is 5.52. The van der Waals surface area contributed by atoms with Crippen molar-refractivity contribution in [3.63, 3.8) is 0 Å². The Kier molecular flexibility index (Phi) is 4.03. The number of pyridine rings is 1. The molecule has 2 aromatic rings. The molecule has 2 aromatic heterocycles. The van der Waals surface area contributed by atoms with Gasteiger partial charge in [0.05, 0.1) is 0 Å². The Labute approximate surface area is 106 Å². The minimum atomic E-state index is 0.564. The van der Waals surface area contributed by atoms with Gasteiger partial charge in [0, 0.05) is 19.3 Å². The summed E-state index contributed by atoms with van der Waals surface area (Å²) in [6.07, 6.45) is 1.80. The molecule has 18 heavy (non-hydrogen) atoms. The summed E-state index contributed by atoms with van der Waals surface area (Å²) >= 11 is 0. The maximum Gasteiger partial charge on any atom is 0.154 e. The van der Waals surface area contributed by atoms with E-state index in [1.807, 2.05) is 31.2 Å². The molecule has 0 aliphatic heterocycles. The monoisotopic (exact) mass is 244 g/mol. The number of hydrogen-bond acceptors (Lipinski definition) is 6. The maximum absolute atomic E-state index is 5.39. The van der Waals surface area contributed by atoms with Gasteiger partial charge in [-0.3, -0.25) is 0 Å². The lowest BCUT2D eigenvalue weighted by Gasteiger charge is -2.06. The molecule has 6 nitrogen and oxygen atoms in total. The Morgan fingerprint density at radius 3 is 2.39 bits per heavy atom. The van der Waals surface area contributed by atoms with Crippen molar-refractivity contribution in [2.24, 2.45) is 5.73 Å². The Hall–Kier alpha value is -2.21. The van der Waals surface area contributed by atoms with Gasteiger partial charge < -0.3 is 16.4 Å². The van der Waals surface area contributed by atoms with Gasteiger partial charge in [-0.15, -0.1) is 10.2 Å². The number of aromatic nitrogens is 3. The van der Waals surface area contributed by atoms with E-state index in [2.05, 4.69) is 25.8 Å². The number of anilines is 3. The quantitative estimate of drug-likeness (QED) is 0.734. The molecular weight excluding hydrogens is 228 g/mol. The van der Waals surface area contributed by atoms with E-state index in [4.69, 9.17) is 5.73 Å². The summed E-state index contributed by atoms with van der Waals surface area (Å²) in [5.74, 6) is 2.12. The molecule has 0 aliphatic rings. The highest BCUT2D eigenvalue weighted by atomic mass is 15.2. The van der Waals surface area contributed by atoms with Crippen molar-refractivity contribution in [2.75, 3.05) is 23.7 Å². The van der Waals surface area contributed by atoms with Crippen LogP contribution in [-0.4, -0.2) is 28.3 Å². The number of hydrogen-bond donors (Lipinski definition) is 3. The van der Waals surface area contributed by atoms with Crippen LogP contribution in [0, 0.1) is 6.92 Å². The van der Waals surface area contributed by atoms with E-state index in [0.29, 0.717) is 24.7 Å². The third-order valence-corrected chi connectivity index (χ3v) is 2.28. The molecule has 0 unspecified atom stereocenters. The van der Waals surface area contributed by atoms with Crippen LogP contribution in [0.4, 0.5) is 17.5 Å². The van der Waals surface area contributed by atoms with Gasteiger partial charge in [0.1, 0.15) is 11.6 Å². The molecule has 2 heterocycles. The van der Waals surface area contributed by atoms with E-state index in [9.17, 15) is 0 Å². The van der Waals surface area contributed by atoms with Crippen molar-refractivity contribution in [1.29, 1.82) is 0 Å². The summed E-state index contributed by atoms with van der Waals surface area (Å²) < 4.78 is 0. The van der Waals surface area contributed by atoms with E-state index in [1.165, 1.54) is 0 Å². The fourth-order valence-corrected chi connectivity index (χ4v) is 1.37. The highest BCUT2D eigenvalue weighted by Crippen LogP contribution is 2.12. The second-order valence-corrected chi connectivity index (χ2v) is 3.87. The van der Waals surface area contributed by atoms with Crippen molar-refractivity contribution in [2.45, 2.75) is 6.92 Å². The standard InChI is InChI=1S/C12H16N6/c1-9-2-3-10(15-8-9)16-12-5-4-11(17-18-12)14-7-6-13/h2-5,8H,6-7,13H2,1H3,(H,14,17)(H,15,16,18). The van der Waals surface area contributed by atoms with Gasteiger partial charge in [0.25, 0.3) is 0 Å². The molecule has 0 fully saturated rings. The zero-order valence-corrected chi connectivity index (χ0v) is 10.2. The molecule has 0 atom stereocenters. The van der Waals surface area contributed by atoms with Crippen molar-refractivity contribution >= 4 is 17.5 Å². The average Bonchev–Trinajstić information content (AvgIpc) is 2.41. The van der Waals surface area contributed by atoms with Crippen LogP contribution in [0.2, 0.25) is 0 Å². The molecule has 94 valence electrons. The summed E-state index contributed by atoms with van der Waals surface area (Å²) in [6.45, 7) is 3.24. The summed E-state index contributed by atoms with van der Waals surface area (Å²) in [5, 5.41) is 14.2. The Morgan fingerprint density at radius 2 is 1.78 bits per heavy atom. The first-order valence-corrected chi connectivity index (χ1v) is 5.75. The zero-order chi connectivity index (χ0) is 12.8. The van der Waals surface area contributed by atoms with Crippen LogP contribution < -0.4 is 16.4 Å². The third kappa shape index (κ3) is 3.39. The van der Waals surface area contributed by atoms with Gasteiger partial charge in [-0.1, -0.05) is 6.07 Å². The van der Waals surface area contributed by atoms with Gasteiger partial charge in [0.15, 0.2) is 5.82 Å². The van der Waals surface area contributed by atoms with Crippen LogP contribution in [-0.2, 0) is 0 Å². The van der Waals surface area contributed by atoms with Gasteiger partial charge >= 0.3 is 0 Å². The van der Waals surface area contributed by atoms with Gasteiger partial charge in [-0.25, -0.2) is 4.98 Å². The molecule has 0 spiro atoms. The first-order valence-electron chi connectivity index (χ1n) is 5.75. The van der Waals surface area contributed by atoms with Crippen molar-refractivity contribution < 1.29 is 0 Å². The van der Waals surface area contributed by atoms with Crippen LogP contribution in [0.25, 0.3) is 0 Å². The first-order chi connectivity index (χ1) is 8.78. The lowest BCUT2D eigenvalue weighted by atomic mass is 10.3. The molecule has 0 saturated heterocycles. The highest BCUT2D eigenvalue weighted by Gasteiger charge is 1.98. The van der Waals surface area contributed by atoms with Crippen LogP contribution >= 0.6 is 0 Å². The van der Waals surface area contributed by atoms with Gasteiger partial charge in [-0.05, 0) is 30.7 Å². The largest absolute Gasteiger partial charge is 0.367 e. The Balaban J connectivity index is 1.99. The molecule has 6 heteroatoms. The minimum absolute atomic E-state index is 0.564. The smallest absolute Gasteiger partial charge is 0.154 e. The average molecular weight is 244 g/mol. The number of nitrogens with one attached hydrogen (secondary N) is 2. The molecule has 0 saturated carbocycles. The fraction of sp³-hybridized carbons (Fsp3) is 0.250. The third-order valence-electron chi connectivity index (χ3n) is 2.28. The molecule has 4 N–H and O–H groups in total. The lowest BCUT2D eigenvalue weighted by Crippen LogP contribution is -2.14. The fourth-order valence-electron chi connectivity index (χ4n) is 1.37.